The second-order valence-electron chi connectivity index (χ2n) is 5.57. The van der Waals surface area contributed by atoms with Crippen LogP contribution in [0.3, 0.4) is 0 Å². The summed E-state index contributed by atoms with van der Waals surface area (Å²) in [6.45, 7) is 7.23. The van der Waals surface area contributed by atoms with Crippen LogP contribution in [0.1, 0.15) is 30.9 Å². The van der Waals surface area contributed by atoms with E-state index in [9.17, 15) is 0 Å². The van der Waals surface area contributed by atoms with Crippen molar-refractivity contribution in [3.05, 3.63) is 34.3 Å². The Labute approximate surface area is 115 Å². The number of hydrogen-bond acceptors (Lipinski definition) is 2. The molecule has 2 atom stereocenters. The fourth-order valence-corrected chi connectivity index (χ4v) is 2.93. The van der Waals surface area contributed by atoms with Gasteiger partial charge in [-0.2, -0.15) is 0 Å². The molecule has 1 saturated heterocycles. The van der Waals surface area contributed by atoms with E-state index in [0.717, 1.165) is 36.1 Å². The number of halogens is 1. The summed E-state index contributed by atoms with van der Waals surface area (Å²) in [7, 11) is 0. The maximum Gasteiger partial charge on any atom is 0.0438 e. The number of benzene rings is 1. The van der Waals surface area contributed by atoms with Crippen LogP contribution in [0.2, 0.25) is 5.02 Å². The van der Waals surface area contributed by atoms with E-state index in [1.54, 1.807) is 0 Å². The molecule has 0 bridgehead atoms. The van der Waals surface area contributed by atoms with Gasteiger partial charge >= 0.3 is 0 Å². The van der Waals surface area contributed by atoms with Gasteiger partial charge in [0.2, 0.25) is 0 Å². The lowest BCUT2D eigenvalue weighted by Crippen LogP contribution is -2.45. The average Bonchev–Trinajstić information content (AvgIpc) is 2.36. The number of likely N-dealkylation sites (tertiary alicyclic amines) is 1. The molecule has 1 fully saturated rings. The molecule has 0 spiro atoms. The third-order valence-electron chi connectivity index (χ3n) is 3.99. The molecule has 1 heterocycles. The number of nitrogens with two attached hydrogens (primary N) is 1. The number of rotatable bonds is 3. The van der Waals surface area contributed by atoms with Crippen molar-refractivity contribution >= 4 is 11.6 Å². The van der Waals surface area contributed by atoms with E-state index in [-0.39, 0.29) is 0 Å². The van der Waals surface area contributed by atoms with E-state index in [1.165, 1.54) is 18.4 Å². The maximum atomic E-state index is 6.18. The van der Waals surface area contributed by atoms with Crippen LogP contribution in [0.25, 0.3) is 0 Å². The predicted molar refractivity (Wildman–Crippen MR) is 77.8 cm³/mol. The summed E-state index contributed by atoms with van der Waals surface area (Å²) in [4.78, 5) is 2.50. The zero-order valence-corrected chi connectivity index (χ0v) is 12.1. The van der Waals surface area contributed by atoms with Crippen molar-refractivity contribution < 1.29 is 0 Å². The zero-order valence-electron chi connectivity index (χ0n) is 11.3. The molecule has 0 aliphatic carbocycles. The third-order valence-corrected chi connectivity index (χ3v) is 4.40. The molecule has 3 heteroatoms. The Morgan fingerprint density at radius 2 is 2.22 bits per heavy atom. The SMILES string of the molecule is Cc1ccc(CN2CCC(C)CC2CN)cc1Cl. The summed E-state index contributed by atoms with van der Waals surface area (Å²) in [6, 6.07) is 6.88. The summed E-state index contributed by atoms with van der Waals surface area (Å²) < 4.78 is 0. The van der Waals surface area contributed by atoms with Gasteiger partial charge in [0.05, 0.1) is 0 Å². The van der Waals surface area contributed by atoms with Crippen LogP contribution < -0.4 is 5.73 Å². The fraction of sp³-hybridized carbons (Fsp3) is 0.600. The highest BCUT2D eigenvalue weighted by Gasteiger charge is 2.25. The number of hydrogen-bond donors (Lipinski definition) is 1. The topological polar surface area (TPSA) is 29.3 Å². The summed E-state index contributed by atoms with van der Waals surface area (Å²) in [6.07, 6.45) is 2.49. The lowest BCUT2D eigenvalue weighted by molar-refractivity contribution is 0.115. The molecular formula is C15H23ClN2. The molecule has 1 aliphatic heterocycles. The molecule has 2 unspecified atom stereocenters. The first-order valence-electron chi connectivity index (χ1n) is 6.79. The standard InChI is InChI=1S/C15H23ClN2/c1-11-5-6-18(14(7-11)9-17)10-13-4-3-12(2)15(16)8-13/h3-4,8,11,14H,5-7,9-10,17H2,1-2H3. The summed E-state index contributed by atoms with van der Waals surface area (Å²) in [5.41, 5.74) is 8.33. The van der Waals surface area contributed by atoms with Crippen LogP contribution in [-0.2, 0) is 6.54 Å². The largest absolute Gasteiger partial charge is 0.329 e. The first-order valence-corrected chi connectivity index (χ1v) is 7.17. The molecule has 18 heavy (non-hydrogen) atoms. The number of nitrogens with zero attached hydrogens (tertiary/aromatic N) is 1. The van der Waals surface area contributed by atoms with E-state index in [1.807, 2.05) is 6.92 Å². The lowest BCUT2D eigenvalue weighted by Gasteiger charge is -2.38. The Bertz CT molecular complexity index is 405. The van der Waals surface area contributed by atoms with Gasteiger partial charge in [0, 0.05) is 24.2 Å². The van der Waals surface area contributed by atoms with Crippen molar-refractivity contribution in [1.29, 1.82) is 0 Å². The van der Waals surface area contributed by atoms with Crippen LogP contribution >= 0.6 is 11.6 Å². The molecule has 1 aromatic rings. The van der Waals surface area contributed by atoms with Gasteiger partial charge < -0.3 is 5.73 Å². The van der Waals surface area contributed by atoms with Crippen LogP contribution in [-0.4, -0.2) is 24.0 Å². The highest BCUT2D eigenvalue weighted by Crippen LogP contribution is 2.25. The third kappa shape index (κ3) is 3.25. The van der Waals surface area contributed by atoms with Crippen molar-refractivity contribution in [2.24, 2.45) is 11.7 Å². The Morgan fingerprint density at radius 1 is 1.44 bits per heavy atom. The van der Waals surface area contributed by atoms with Gasteiger partial charge in [-0.3, -0.25) is 4.90 Å². The lowest BCUT2D eigenvalue weighted by atomic mass is 9.92. The quantitative estimate of drug-likeness (QED) is 0.910. The number of piperidine rings is 1. The van der Waals surface area contributed by atoms with Crippen molar-refractivity contribution in [3.63, 3.8) is 0 Å². The molecule has 1 aliphatic rings. The molecule has 0 aromatic heterocycles. The van der Waals surface area contributed by atoms with Gasteiger partial charge in [-0.1, -0.05) is 30.7 Å². The first-order chi connectivity index (χ1) is 8.60. The molecular weight excluding hydrogens is 244 g/mol. The first kappa shape index (κ1) is 13.9. The molecule has 1 aromatic carbocycles. The van der Waals surface area contributed by atoms with Crippen LogP contribution in [0.15, 0.2) is 18.2 Å². The Morgan fingerprint density at radius 3 is 2.89 bits per heavy atom. The van der Waals surface area contributed by atoms with E-state index in [0.29, 0.717) is 6.04 Å². The molecule has 0 radical (unpaired) electrons. The van der Waals surface area contributed by atoms with Gasteiger partial charge in [0.15, 0.2) is 0 Å². The van der Waals surface area contributed by atoms with E-state index >= 15 is 0 Å². The minimum atomic E-state index is 0.522. The van der Waals surface area contributed by atoms with Gasteiger partial charge in [-0.15, -0.1) is 0 Å². The highest BCUT2D eigenvalue weighted by atomic mass is 35.5. The van der Waals surface area contributed by atoms with Crippen LogP contribution in [0.5, 0.6) is 0 Å². The zero-order chi connectivity index (χ0) is 13.1. The van der Waals surface area contributed by atoms with Gasteiger partial charge in [-0.05, 0) is 49.4 Å². The molecule has 2 nitrogen and oxygen atoms in total. The van der Waals surface area contributed by atoms with E-state index < -0.39 is 0 Å². The number of aryl methyl sites for hydroxylation is 1. The van der Waals surface area contributed by atoms with Crippen LogP contribution in [0, 0.1) is 12.8 Å². The minimum absolute atomic E-state index is 0.522. The fourth-order valence-electron chi connectivity index (χ4n) is 2.72. The smallest absolute Gasteiger partial charge is 0.0438 e. The molecule has 0 amide bonds. The monoisotopic (exact) mass is 266 g/mol. The molecule has 100 valence electrons. The second-order valence-corrected chi connectivity index (χ2v) is 5.98. The maximum absolute atomic E-state index is 6.18. The molecule has 2 rings (SSSR count). The summed E-state index contributed by atoms with van der Waals surface area (Å²) in [5.74, 6) is 0.802. The average molecular weight is 267 g/mol. The Kier molecular flexibility index (Phi) is 4.66. The Hall–Kier alpha value is -0.570. The van der Waals surface area contributed by atoms with Crippen molar-refractivity contribution in [2.75, 3.05) is 13.1 Å². The van der Waals surface area contributed by atoms with Gasteiger partial charge in [0.25, 0.3) is 0 Å². The van der Waals surface area contributed by atoms with Crippen LogP contribution in [0.4, 0.5) is 0 Å². The second kappa shape index (κ2) is 6.05. The normalized spacial score (nSPS) is 25.3. The van der Waals surface area contributed by atoms with Gasteiger partial charge in [0.1, 0.15) is 0 Å². The highest BCUT2D eigenvalue weighted by molar-refractivity contribution is 6.31. The minimum Gasteiger partial charge on any atom is -0.329 e. The van der Waals surface area contributed by atoms with E-state index in [4.69, 9.17) is 17.3 Å². The van der Waals surface area contributed by atoms with Crippen molar-refractivity contribution in [1.82, 2.24) is 4.90 Å². The summed E-state index contributed by atoms with van der Waals surface area (Å²) in [5, 5.41) is 0.863. The van der Waals surface area contributed by atoms with Crippen molar-refractivity contribution in [3.8, 4) is 0 Å². The van der Waals surface area contributed by atoms with Gasteiger partial charge in [-0.25, -0.2) is 0 Å². The summed E-state index contributed by atoms with van der Waals surface area (Å²) >= 11 is 6.18. The van der Waals surface area contributed by atoms with Crippen molar-refractivity contribution in [2.45, 2.75) is 39.3 Å². The molecule has 0 saturated carbocycles. The van der Waals surface area contributed by atoms with E-state index in [2.05, 4.69) is 30.0 Å². The molecule has 2 N–H and O–H groups in total. The Balaban J connectivity index is 2.05. The predicted octanol–water partition coefficient (Wildman–Crippen LogP) is 3.21.